The van der Waals surface area contributed by atoms with Crippen LogP contribution in [0.3, 0.4) is 0 Å². The number of aromatic nitrogens is 2. The van der Waals surface area contributed by atoms with E-state index in [0.29, 0.717) is 16.2 Å². The summed E-state index contributed by atoms with van der Waals surface area (Å²) < 4.78 is 1.61. The predicted molar refractivity (Wildman–Crippen MR) is 69.1 cm³/mol. The molecule has 0 amide bonds. The van der Waals surface area contributed by atoms with E-state index in [4.69, 9.17) is 23.2 Å². The van der Waals surface area contributed by atoms with Crippen LogP contribution in [0.2, 0.25) is 10.2 Å². The molecule has 0 aromatic carbocycles. The number of aryl methyl sites for hydroxylation is 1. The van der Waals surface area contributed by atoms with E-state index in [9.17, 15) is 0 Å². The Balaban J connectivity index is 2.76. The molecular formula is C11H19Cl2N3. The summed E-state index contributed by atoms with van der Waals surface area (Å²) in [4.78, 5) is 2.27. The van der Waals surface area contributed by atoms with E-state index in [-0.39, 0.29) is 0 Å². The van der Waals surface area contributed by atoms with Crippen LogP contribution in [0.15, 0.2) is 0 Å². The van der Waals surface area contributed by atoms with Crippen LogP contribution < -0.4 is 0 Å². The van der Waals surface area contributed by atoms with Gasteiger partial charge in [-0.15, -0.1) is 0 Å². The van der Waals surface area contributed by atoms with Crippen molar-refractivity contribution in [3.8, 4) is 0 Å². The van der Waals surface area contributed by atoms with Crippen LogP contribution in [0.25, 0.3) is 0 Å². The zero-order chi connectivity index (χ0) is 12.3. The molecule has 1 aromatic rings. The zero-order valence-electron chi connectivity index (χ0n) is 10.3. The van der Waals surface area contributed by atoms with Gasteiger partial charge in [0.15, 0.2) is 0 Å². The van der Waals surface area contributed by atoms with Crippen molar-refractivity contribution in [2.24, 2.45) is 7.05 Å². The van der Waals surface area contributed by atoms with E-state index in [0.717, 1.165) is 25.1 Å². The van der Waals surface area contributed by atoms with E-state index in [1.54, 1.807) is 11.7 Å². The highest BCUT2D eigenvalue weighted by molar-refractivity contribution is 6.41. The van der Waals surface area contributed by atoms with Crippen LogP contribution in [-0.4, -0.2) is 27.8 Å². The highest BCUT2D eigenvalue weighted by atomic mass is 35.5. The lowest BCUT2D eigenvalue weighted by molar-refractivity contribution is 0.219. The van der Waals surface area contributed by atoms with Gasteiger partial charge in [0.2, 0.25) is 0 Å². The maximum absolute atomic E-state index is 6.11. The number of hydrogen-bond acceptors (Lipinski definition) is 2. The van der Waals surface area contributed by atoms with Gasteiger partial charge in [0, 0.05) is 19.6 Å². The zero-order valence-corrected chi connectivity index (χ0v) is 11.8. The van der Waals surface area contributed by atoms with Gasteiger partial charge in [0.25, 0.3) is 0 Å². The van der Waals surface area contributed by atoms with Gasteiger partial charge in [0.1, 0.15) is 10.2 Å². The molecule has 3 nitrogen and oxygen atoms in total. The van der Waals surface area contributed by atoms with E-state index >= 15 is 0 Å². The summed E-state index contributed by atoms with van der Waals surface area (Å²) in [6.07, 6.45) is 2.26. The molecule has 0 bridgehead atoms. The number of nitrogens with zero attached hydrogens (tertiary/aromatic N) is 3. The lowest BCUT2D eigenvalue weighted by Gasteiger charge is -2.25. The first-order valence-electron chi connectivity index (χ1n) is 5.58. The molecule has 92 valence electrons. The van der Waals surface area contributed by atoms with Crippen LogP contribution >= 0.6 is 23.2 Å². The molecule has 1 heterocycles. The molecule has 0 saturated heterocycles. The van der Waals surface area contributed by atoms with Gasteiger partial charge in [-0.2, -0.15) is 5.10 Å². The second-order valence-corrected chi connectivity index (χ2v) is 4.80. The van der Waals surface area contributed by atoms with Crippen molar-refractivity contribution >= 4 is 23.2 Å². The molecule has 16 heavy (non-hydrogen) atoms. The van der Waals surface area contributed by atoms with Crippen LogP contribution in [0.5, 0.6) is 0 Å². The first kappa shape index (κ1) is 13.8. The Kier molecular flexibility index (Phi) is 5.09. The van der Waals surface area contributed by atoms with Crippen LogP contribution in [-0.2, 0) is 13.6 Å². The summed E-state index contributed by atoms with van der Waals surface area (Å²) in [5, 5.41) is 5.39. The van der Waals surface area contributed by atoms with Crippen LogP contribution in [0, 0.1) is 0 Å². The van der Waals surface area contributed by atoms with Gasteiger partial charge in [-0.3, -0.25) is 9.58 Å². The molecule has 0 saturated carbocycles. The number of halogens is 2. The summed E-state index contributed by atoms with van der Waals surface area (Å²) in [5.41, 5.74) is 0.851. The van der Waals surface area contributed by atoms with Gasteiger partial charge >= 0.3 is 0 Å². The third kappa shape index (κ3) is 2.90. The highest BCUT2D eigenvalue weighted by Crippen LogP contribution is 2.26. The van der Waals surface area contributed by atoms with E-state index in [1.165, 1.54) is 0 Å². The van der Waals surface area contributed by atoms with Crippen molar-refractivity contribution in [3.05, 3.63) is 15.9 Å². The molecule has 5 heteroatoms. The Hall–Kier alpha value is -0.250. The Morgan fingerprint density at radius 3 is 2.25 bits per heavy atom. The maximum Gasteiger partial charge on any atom is 0.145 e. The number of hydrogen-bond donors (Lipinski definition) is 0. The third-order valence-electron chi connectivity index (χ3n) is 2.95. The van der Waals surface area contributed by atoms with Gasteiger partial charge < -0.3 is 0 Å². The predicted octanol–water partition coefficient (Wildman–Crippen LogP) is 3.35. The van der Waals surface area contributed by atoms with Crippen LogP contribution in [0.1, 0.15) is 32.4 Å². The lowest BCUT2D eigenvalue weighted by Crippen LogP contribution is -2.30. The molecule has 0 atom stereocenters. The SMILES string of the molecule is CCC(CC)N(C)Cc1nn(C)c(Cl)c1Cl. The van der Waals surface area contributed by atoms with Crippen molar-refractivity contribution in [1.82, 2.24) is 14.7 Å². The van der Waals surface area contributed by atoms with Crippen molar-refractivity contribution in [1.29, 1.82) is 0 Å². The average Bonchev–Trinajstić information content (AvgIpc) is 2.48. The molecule has 1 rings (SSSR count). The third-order valence-corrected chi connectivity index (χ3v) is 3.88. The normalized spacial score (nSPS) is 11.8. The topological polar surface area (TPSA) is 21.1 Å². The Morgan fingerprint density at radius 2 is 1.88 bits per heavy atom. The van der Waals surface area contributed by atoms with Crippen molar-refractivity contribution in [3.63, 3.8) is 0 Å². The van der Waals surface area contributed by atoms with E-state index in [1.807, 2.05) is 0 Å². The molecule has 0 aliphatic heterocycles. The Labute approximate surface area is 107 Å². The van der Waals surface area contributed by atoms with Gasteiger partial charge in [0.05, 0.1) is 5.69 Å². The average molecular weight is 264 g/mol. The molecule has 1 aromatic heterocycles. The quantitative estimate of drug-likeness (QED) is 0.813. The Morgan fingerprint density at radius 1 is 1.31 bits per heavy atom. The standard InChI is InChI=1S/C11H19Cl2N3/c1-5-8(6-2)15(3)7-9-10(12)11(13)16(4)14-9/h8H,5-7H2,1-4H3. The molecule has 0 N–H and O–H groups in total. The van der Waals surface area contributed by atoms with Crippen molar-refractivity contribution in [2.75, 3.05) is 7.05 Å². The summed E-state index contributed by atoms with van der Waals surface area (Å²) >= 11 is 12.1. The van der Waals surface area contributed by atoms with Crippen LogP contribution in [0.4, 0.5) is 0 Å². The first-order chi connectivity index (χ1) is 7.51. The Bertz CT molecular complexity index is 345. The van der Waals surface area contributed by atoms with Crippen molar-refractivity contribution < 1.29 is 0 Å². The minimum absolute atomic E-state index is 0.509. The first-order valence-corrected chi connectivity index (χ1v) is 6.33. The number of rotatable bonds is 5. The molecule has 0 radical (unpaired) electrons. The molecule has 0 unspecified atom stereocenters. The fourth-order valence-corrected chi connectivity index (χ4v) is 2.28. The summed E-state index contributed by atoms with van der Waals surface area (Å²) in [6, 6.07) is 0.567. The summed E-state index contributed by atoms with van der Waals surface area (Å²) in [5.74, 6) is 0. The summed E-state index contributed by atoms with van der Waals surface area (Å²) in [6.45, 7) is 5.13. The summed E-state index contributed by atoms with van der Waals surface area (Å²) in [7, 11) is 3.89. The van der Waals surface area contributed by atoms with E-state index < -0.39 is 0 Å². The minimum atomic E-state index is 0.509. The van der Waals surface area contributed by atoms with Gasteiger partial charge in [-0.25, -0.2) is 0 Å². The molecule has 0 spiro atoms. The highest BCUT2D eigenvalue weighted by Gasteiger charge is 2.17. The fourth-order valence-electron chi connectivity index (χ4n) is 1.91. The van der Waals surface area contributed by atoms with Crippen molar-refractivity contribution in [2.45, 2.75) is 39.3 Å². The smallest absolute Gasteiger partial charge is 0.145 e. The fraction of sp³-hybridized carbons (Fsp3) is 0.727. The second kappa shape index (κ2) is 5.89. The molecule has 0 aliphatic rings. The lowest BCUT2D eigenvalue weighted by atomic mass is 10.1. The minimum Gasteiger partial charge on any atom is -0.297 e. The van der Waals surface area contributed by atoms with E-state index in [2.05, 4.69) is 30.9 Å². The molecular weight excluding hydrogens is 245 g/mol. The van der Waals surface area contributed by atoms with Gasteiger partial charge in [-0.05, 0) is 19.9 Å². The van der Waals surface area contributed by atoms with Gasteiger partial charge in [-0.1, -0.05) is 37.0 Å². The largest absolute Gasteiger partial charge is 0.297 e. The maximum atomic E-state index is 6.11. The monoisotopic (exact) mass is 263 g/mol. The second-order valence-electron chi connectivity index (χ2n) is 4.06. The molecule has 0 aliphatic carbocycles. The molecule has 0 fully saturated rings.